The molecule has 1 aliphatic heterocycles. The van der Waals surface area contributed by atoms with Crippen LogP contribution in [0.4, 0.5) is 0 Å². The van der Waals surface area contributed by atoms with Gasteiger partial charge in [0.2, 0.25) is 0 Å². The van der Waals surface area contributed by atoms with Crippen LogP contribution in [0.1, 0.15) is 40.4 Å². The summed E-state index contributed by atoms with van der Waals surface area (Å²) in [5, 5.41) is 22.2. The third-order valence-electron chi connectivity index (χ3n) is 3.01. The van der Waals surface area contributed by atoms with E-state index in [2.05, 4.69) is 5.32 Å². The lowest BCUT2D eigenvalue weighted by Gasteiger charge is -2.15. The van der Waals surface area contributed by atoms with E-state index in [0.717, 1.165) is 19.4 Å². The van der Waals surface area contributed by atoms with Crippen molar-refractivity contribution in [2.75, 3.05) is 6.54 Å². The first-order chi connectivity index (χ1) is 7.59. The van der Waals surface area contributed by atoms with Crippen LogP contribution in [0.15, 0.2) is 12.1 Å². The Morgan fingerprint density at radius 2 is 2.25 bits per heavy atom. The summed E-state index contributed by atoms with van der Waals surface area (Å²) in [5.74, 6) is -0.744. The highest BCUT2D eigenvalue weighted by Crippen LogP contribution is 2.33. The SMILES string of the molecule is Cc1cc(C(=O)O)cc([C@H]2CCCN2)c1O. The maximum Gasteiger partial charge on any atom is 0.335 e. The molecule has 1 fully saturated rings. The summed E-state index contributed by atoms with van der Waals surface area (Å²) in [4.78, 5) is 10.9. The largest absolute Gasteiger partial charge is 0.507 e. The van der Waals surface area contributed by atoms with Crippen LogP contribution < -0.4 is 5.32 Å². The van der Waals surface area contributed by atoms with Crippen LogP contribution in [0.25, 0.3) is 0 Å². The van der Waals surface area contributed by atoms with E-state index in [9.17, 15) is 9.90 Å². The number of carboxylic acids is 1. The van der Waals surface area contributed by atoms with E-state index < -0.39 is 5.97 Å². The first kappa shape index (κ1) is 11.0. The molecule has 0 aliphatic carbocycles. The number of hydrogen-bond acceptors (Lipinski definition) is 3. The van der Waals surface area contributed by atoms with Gasteiger partial charge >= 0.3 is 5.97 Å². The van der Waals surface area contributed by atoms with Crippen molar-refractivity contribution < 1.29 is 15.0 Å². The van der Waals surface area contributed by atoms with Crippen LogP contribution >= 0.6 is 0 Å². The van der Waals surface area contributed by atoms with Crippen LogP contribution in [0.3, 0.4) is 0 Å². The standard InChI is InChI=1S/C12H15NO3/c1-7-5-8(12(15)16)6-9(11(7)14)10-3-2-4-13-10/h5-6,10,13-14H,2-4H2,1H3,(H,15,16)/t10-/m1/s1. The number of nitrogens with one attached hydrogen (secondary N) is 1. The van der Waals surface area contributed by atoms with Crippen LogP contribution in [0.2, 0.25) is 0 Å². The van der Waals surface area contributed by atoms with Crippen LogP contribution in [0, 0.1) is 6.92 Å². The zero-order valence-electron chi connectivity index (χ0n) is 9.16. The van der Waals surface area contributed by atoms with E-state index in [1.807, 2.05) is 0 Å². The molecule has 4 nitrogen and oxygen atoms in total. The van der Waals surface area contributed by atoms with Crippen molar-refractivity contribution in [1.82, 2.24) is 5.32 Å². The van der Waals surface area contributed by atoms with Crippen molar-refractivity contribution in [2.45, 2.75) is 25.8 Å². The fraction of sp³-hybridized carbons (Fsp3) is 0.417. The number of hydrogen-bond donors (Lipinski definition) is 3. The Kier molecular flexibility index (Phi) is 2.83. The predicted molar refractivity (Wildman–Crippen MR) is 59.8 cm³/mol. The summed E-state index contributed by atoms with van der Waals surface area (Å²) in [7, 11) is 0. The Balaban J connectivity index is 2.45. The predicted octanol–water partition coefficient (Wildman–Crippen LogP) is 1.82. The molecule has 86 valence electrons. The van der Waals surface area contributed by atoms with Gasteiger partial charge in [0.25, 0.3) is 0 Å². The molecule has 16 heavy (non-hydrogen) atoms. The molecular formula is C12H15NO3. The number of benzene rings is 1. The molecular weight excluding hydrogens is 206 g/mol. The zero-order chi connectivity index (χ0) is 11.7. The Hall–Kier alpha value is -1.55. The summed E-state index contributed by atoms with van der Waals surface area (Å²) in [6.45, 7) is 2.64. The lowest BCUT2D eigenvalue weighted by Crippen LogP contribution is -2.14. The summed E-state index contributed by atoms with van der Waals surface area (Å²) in [6.07, 6.45) is 2.00. The topological polar surface area (TPSA) is 69.6 Å². The fourth-order valence-corrected chi connectivity index (χ4v) is 2.15. The van der Waals surface area contributed by atoms with E-state index in [4.69, 9.17) is 5.11 Å². The second kappa shape index (κ2) is 4.14. The fourth-order valence-electron chi connectivity index (χ4n) is 2.15. The number of rotatable bonds is 2. The Bertz CT molecular complexity index is 423. The van der Waals surface area contributed by atoms with Gasteiger partial charge in [-0.15, -0.1) is 0 Å². The molecule has 0 radical (unpaired) electrons. The van der Waals surface area contributed by atoms with Crippen molar-refractivity contribution in [3.05, 3.63) is 28.8 Å². The summed E-state index contributed by atoms with van der Waals surface area (Å²) in [5.41, 5.74) is 1.55. The molecule has 0 aromatic heterocycles. The van der Waals surface area contributed by atoms with Crippen LogP contribution in [-0.4, -0.2) is 22.7 Å². The van der Waals surface area contributed by atoms with Gasteiger partial charge in [0.05, 0.1) is 5.56 Å². The molecule has 4 heteroatoms. The first-order valence-corrected chi connectivity index (χ1v) is 5.40. The highest BCUT2D eigenvalue weighted by molar-refractivity contribution is 5.88. The van der Waals surface area contributed by atoms with Gasteiger partial charge in [-0.1, -0.05) is 0 Å². The number of phenolic OH excluding ortho intramolecular Hbond substituents is 1. The molecule has 1 aromatic carbocycles. The molecule has 0 amide bonds. The minimum absolute atomic E-state index is 0.0815. The molecule has 2 rings (SSSR count). The van der Waals surface area contributed by atoms with Crippen LogP contribution in [0.5, 0.6) is 5.75 Å². The lowest BCUT2D eigenvalue weighted by molar-refractivity contribution is 0.0696. The number of aromatic hydroxyl groups is 1. The highest BCUT2D eigenvalue weighted by Gasteiger charge is 2.22. The first-order valence-electron chi connectivity index (χ1n) is 5.40. The number of aromatic carboxylic acids is 1. The number of phenols is 1. The van der Waals surface area contributed by atoms with Crippen molar-refractivity contribution in [2.24, 2.45) is 0 Å². The van der Waals surface area contributed by atoms with Gasteiger partial charge in [-0.05, 0) is 44.0 Å². The molecule has 0 spiro atoms. The second-order valence-electron chi connectivity index (χ2n) is 4.19. The van der Waals surface area contributed by atoms with Gasteiger partial charge in [-0.25, -0.2) is 4.79 Å². The molecule has 0 unspecified atom stereocenters. The smallest absolute Gasteiger partial charge is 0.335 e. The molecule has 1 aromatic rings. The molecule has 3 N–H and O–H groups in total. The molecule has 1 saturated heterocycles. The third kappa shape index (κ3) is 1.88. The van der Waals surface area contributed by atoms with Crippen molar-refractivity contribution >= 4 is 5.97 Å². The minimum Gasteiger partial charge on any atom is -0.507 e. The average molecular weight is 221 g/mol. The highest BCUT2D eigenvalue weighted by atomic mass is 16.4. The molecule has 0 bridgehead atoms. The molecule has 1 aliphatic rings. The summed E-state index contributed by atoms with van der Waals surface area (Å²) >= 11 is 0. The van der Waals surface area contributed by atoms with E-state index in [1.165, 1.54) is 6.07 Å². The average Bonchev–Trinajstić information content (AvgIpc) is 2.74. The monoisotopic (exact) mass is 221 g/mol. The lowest BCUT2D eigenvalue weighted by atomic mass is 9.98. The number of aryl methyl sites for hydroxylation is 1. The summed E-state index contributed by atoms with van der Waals surface area (Å²) < 4.78 is 0. The van der Waals surface area contributed by atoms with Crippen molar-refractivity contribution in [1.29, 1.82) is 0 Å². The van der Waals surface area contributed by atoms with Crippen LogP contribution in [-0.2, 0) is 0 Å². The quantitative estimate of drug-likeness (QED) is 0.712. The van der Waals surface area contributed by atoms with E-state index in [1.54, 1.807) is 13.0 Å². The molecule has 1 heterocycles. The Morgan fingerprint density at radius 3 is 2.81 bits per heavy atom. The number of carboxylic acid groups (broad SMARTS) is 1. The van der Waals surface area contributed by atoms with Gasteiger partial charge in [-0.3, -0.25) is 0 Å². The molecule has 0 saturated carbocycles. The van der Waals surface area contributed by atoms with Gasteiger partial charge in [0.15, 0.2) is 0 Å². The van der Waals surface area contributed by atoms with E-state index in [0.29, 0.717) is 11.1 Å². The number of carbonyl (C=O) groups is 1. The van der Waals surface area contributed by atoms with E-state index in [-0.39, 0.29) is 17.4 Å². The molecule has 1 atom stereocenters. The maximum absolute atomic E-state index is 10.9. The van der Waals surface area contributed by atoms with Gasteiger partial charge in [-0.2, -0.15) is 0 Å². The Labute approximate surface area is 93.9 Å². The van der Waals surface area contributed by atoms with E-state index >= 15 is 0 Å². The minimum atomic E-state index is -0.956. The van der Waals surface area contributed by atoms with Gasteiger partial charge < -0.3 is 15.5 Å². The maximum atomic E-state index is 10.9. The van der Waals surface area contributed by atoms with Gasteiger partial charge in [0.1, 0.15) is 5.75 Å². The Morgan fingerprint density at radius 1 is 1.50 bits per heavy atom. The van der Waals surface area contributed by atoms with Crippen molar-refractivity contribution in [3.63, 3.8) is 0 Å². The van der Waals surface area contributed by atoms with Crippen molar-refractivity contribution in [3.8, 4) is 5.75 Å². The normalized spacial score (nSPS) is 19.9. The third-order valence-corrected chi connectivity index (χ3v) is 3.01. The zero-order valence-corrected chi connectivity index (χ0v) is 9.16. The van der Waals surface area contributed by atoms with Gasteiger partial charge in [0, 0.05) is 11.6 Å². The summed E-state index contributed by atoms with van der Waals surface area (Å²) in [6, 6.07) is 3.14. The second-order valence-corrected chi connectivity index (χ2v) is 4.19.